The van der Waals surface area contributed by atoms with E-state index in [1.807, 2.05) is 36.3 Å². The number of pyridine rings is 1. The number of aromatic nitrogens is 1. The largest absolute Gasteiger partial charge is 0.334 e. The Morgan fingerprint density at radius 1 is 1.30 bits per heavy atom. The van der Waals surface area contributed by atoms with Gasteiger partial charge in [-0.15, -0.1) is 0 Å². The van der Waals surface area contributed by atoms with Crippen molar-refractivity contribution < 1.29 is 4.79 Å². The van der Waals surface area contributed by atoms with Gasteiger partial charge in [-0.2, -0.15) is 11.3 Å². The van der Waals surface area contributed by atoms with Crippen LogP contribution in [-0.4, -0.2) is 22.3 Å². The van der Waals surface area contributed by atoms with Gasteiger partial charge in [0.1, 0.15) is 0 Å². The lowest BCUT2D eigenvalue weighted by atomic mass is 10.1. The standard InChI is InChI=1S/C16H20N2OS/c1-4-6-18(10-14-5-7-20-11-14)16(19)15-8-12(2)17-13(3)9-15/h5,7-9,11H,4,6,10H2,1-3H3. The van der Waals surface area contributed by atoms with Crippen LogP contribution >= 0.6 is 11.3 Å². The van der Waals surface area contributed by atoms with Gasteiger partial charge in [0.25, 0.3) is 5.91 Å². The first kappa shape index (κ1) is 14.7. The fraction of sp³-hybridized carbons (Fsp3) is 0.375. The summed E-state index contributed by atoms with van der Waals surface area (Å²) < 4.78 is 0. The van der Waals surface area contributed by atoms with E-state index in [-0.39, 0.29) is 5.91 Å². The van der Waals surface area contributed by atoms with Crippen molar-refractivity contribution in [2.45, 2.75) is 33.7 Å². The summed E-state index contributed by atoms with van der Waals surface area (Å²) in [4.78, 5) is 18.9. The van der Waals surface area contributed by atoms with Gasteiger partial charge >= 0.3 is 0 Å². The molecule has 106 valence electrons. The van der Waals surface area contributed by atoms with E-state index < -0.39 is 0 Å². The Morgan fingerprint density at radius 3 is 2.55 bits per heavy atom. The van der Waals surface area contributed by atoms with E-state index in [1.165, 1.54) is 5.56 Å². The van der Waals surface area contributed by atoms with E-state index in [9.17, 15) is 4.79 Å². The zero-order chi connectivity index (χ0) is 14.5. The van der Waals surface area contributed by atoms with E-state index in [2.05, 4.69) is 23.4 Å². The molecule has 0 bridgehead atoms. The second-order valence-corrected chi connectivity index (χ2v) is 5.78. The van der Waals surface area contributed by atoms with Crippen LogP contribution in [0.2, 0.25) is 0 Å². The van der Waals surface area contributed by atoms with Gasteiger partial charge in [0.2, 0.25) is 0 Å². The zero-order valence-electron chi connectivity index (χ0n) is 12.2. The molecule has 2 heterocycles. The van der Waals surface area contributed by atoms with Gasteiger partial charge in [0.05, 0.1) is 0 Å². The van der Waals surface area contributed by atoms with Crippen molar-refractivity contribution in [2.75, 3.05) is 6.54 Å². The Labute approximate surface area is 124 Å². The van der Waals surface area contributed by atoms with E-state index in [0.29, 0.717) is 6.54 Å². The lowest BCUT2D eigenvalue weighted by Gasteiger charge is -2.22. The zero-order valence-corrected chi connectivity index (χ0v) is 13.0. The van der Waals surface area contributed by atoms with Crippen LogP contribution in [0.1, 0.15) is 40.7 Å². The van der Waals surface area contributed by atoms with Gasteiger partial charge < -0.3 is 4.90 Å². The molecule has 0 spiro atoms. The van der Waals surface area contributed by atoms with Gasteiger partial charge in [-0.1, -0.05) is 6.92 Å². The highest BCUT2D eigenvalue weighted by Crippen LogP contribution is 2.14. The summed E-state index contributed by atoms with van der Waals surface area (Å²) in [6.45, 7) is 7.39. The minimum atomic E-state index is 0.0895. The first-order valence-electron chi connectivity index (χ1n) is 6.85. The topological polar surface area (TPSA) is 33.2 Å². The number of hydrogen-bond donors (Lipinski definition) is 0. The fourth-order valence-electron chi connectivity index (χ4n) is 2.27. The first-order chi connectivity index (χ1) is 9.60. The third-order valence-corrected chi connectivity index (χ3v) is 3.79. The molecule has 20 heavy (non-hydrogen) atoms. The molecule has 1 amide bonds. The quantitative estimate of drug-likeness (QED) is 0.838. The van der Waals surface area contributed by atoms with Crippen LogP contribution < -0.4 is 0 Å². The van der Waals surface area contributed by atoms with Crippen molar-refractivity contribution in [2.24, 2.45) is 0 Å². The Hall–Kier alpha value is -1.68. The van der Waals surface area contributed by atoms with Gasteiger partial charge in [-0.3, -0.25) is 9.78 Å². The van der Waals surface area contributed by atoms with Crippen LogP contribution in [0.5, 0.6) is 0 Å². The molecule has 0 saturated carbocycles. The third kappa shape index (κ3) is 3.67. The van der Waals surface area contributed by atoms with Crippen molar-refractivity contribution in [3.05, 3.63) is 51.5 Å². The van der Waals surface area contributed by atoms with Crippen molar-refractivity contribution in [1.29, 1.82) is 0 Å². The lowest BCUT2D eigenvalue weighted by Crippen LogP contribution is -2.31. The number of carbonyl (C=O) groups excluding carboxylic acids is 1. The lowest BCUT2D eigenvalue weighted by molar-refractivity contribution is 0.0743. The molecule has 2 rings (SSSR count). The van der Waals surface area contributed by atoms with E-state index >= 15 is 0 Å². The summed E-state index contributed by atoms with van der Waals surface area (Å²) in [7, 11) is 0. The number of rotatable bonds is 5. The van der Waals surface area contributed by atoms with Crippen LogP contribution in [-0.2, 0) is 6.54 Å². The maximum absolute atomic E-state index is 12.7. The molecule has 0 aliphatic carbocycles. The molecule has 0 fully saturated rings. The van der Waals surface area contributed by atoms with Crippen molar-refractivity contribution >= 4 is 17.2 Å². The second kappa shape index (κ2) is 6.66. The highest BCUT2D eigenvalue weighted by atomic mass is 32.1. The smallest absolute Gasteiger partial charge is 0.254 e. The summed E-state index contributed by atoms with van der Waals surface area (Å²) in [5.41, 5.74) is 3.71. The molecule has 0 unspecified atom stereocenters. The Bertz CT molecular complexity index is 558. The average Bonchev–Trinajstić information content (AvgIpc) is 2.89. The van der Waals surface area contributed by atoms with E-state index in [0.717, 1.165) is 29.9 Å². The molecule has 2 aromatic heterocycles. The van der Waals surface area contributed by atoms with Crippen LogP contribution in [0.4, 0.5) is 0 Å². The SMILES string of the molecule is CCCN(Cc1ccsc1)C(=O)c1cc(C)nc(C)c1. The Kier molecular flexibility index (Phi) is 4.90. The molecule has 0 radical (unpaired) electrons. The molecule has 2 aromatic rings. The first-order valence-corrected chi connectivity index (χ1v) is 7.80. The average molecular weight is 288 g/mol. The predicted octanol–water partition coefficient (Wildman–Crippen LogP) is 3.81. The molecular formula is C16H20N2OS. The Balaban J connectivity index is 2.21. The Morgan fingerprint density at radius 2 is 2.00 bits per heavy atom. The minimum absolute atomic E-state index is 0.0895. The van der Waals surface area contributed by atoms with Gasteiger partial charge in [-0.25, -0.2) is 0 Å². The fourth-order valence-corrected chi connectivity index (χ4v) is 2.93. The van der Waals surface area contributed by atoms with Crippen molar-refractivity contribution in [3.8, 4) is 0 Å². The van der Waals surface area contributed by atoms with Gasteiger partial charge in [0.15, 0.2) is 0 Å². The van der Waals surface area contributed by atoms with Crippen LogP contribution in [0, 0.1) is 13.8 Å². The van der Waals surface area contributed by atoms with Gasteiger partial charge in [-0.05, 0) is 54.8 Å². The van der Waals surface area contributed by atoms with Crippen LogP contribution in [0.25, 0.3) is 0 Å². The maximum Gasteiger partial charge on any atom is 0.254 e. The summed E-state index contributed by atoms with van der Waals surface area (Å²) in [5, 5.41) is 4.14. The monoisotopic (exact) mass is 288 g/mol. The number of hydrogen-bond acceptors (Lipinski definition) is 3. The molecule has 0 N–H and O–H groups in total. The second-order valence-electron chi connectivity index (χ2n) is 5.00. The molecule has 4 heteroatoms. The number of thiophene rings is 1. The van der Waals surface area contributed by atoms with Gasteiger partial charge in [0, 0.05) is 30.0 Å². The van der Waals surface area contributed by atoms with Crippen molar-refractivity contribution in [3.63, 3.8) is 0 Å². The highest BCUT2D eigenvalue weighted by molar-refractivity contribution is 7.07. The summed E-state index contributed by atoms with van der Waals surface area (Å²) >= 11 is 1.66. The number of aryl methyl sites for hydroxylation is 2. The highest BCUT2D eigenvalue weighted by Gasteiger charge is 2.16. The number of nitrogens with zero attached hydrogens (tertiary/aromatic N) is 2. The normalized spacial score (nSPS) is 10.6. The summed E-state index contributed by atoms with van der Waals surface area (Å²) in [6, 6.07) is 5.81. The summed E-state index contributed by atoms with van der Waals surface area (Å²) in [5.74, 6) is 0.0895. The molecular weight excluding hydrogens is 268 g/mol. The van der Waals surface area contributed by atoms with Crippen LogP contribution in [0.3, 0.4) is 0 Å². The van der Waals surface area contributed by atoms with E-state index in [1.54, 1.807) is 11.3 Å². The molecule has 0 aromatic carbocycles. The number of carbonyl (C=O) groups is 1. The maximum atomic E-state index is 12.7. The van der Waals surface area contributed by atoms with Crippen molar-refractivity contribution in [1.82, 2.24) is 9.88 Å². The molecule has 0 atom stereocenters. The molecule has 0 aliphatic rings. The summed E-state index contributed by atoms with van der Waals surface area (Å²) in [6.07, 6.45) is 0.957. The predicted molar refractivity (Wildman–Crippen MR) is 83.1 cm³/mol. The molecule has 3 nitrogen and oxygen atoms in total. The minimum Gasteiger partial charge on any atom is -0.334 e. The molecule has 0 aliphatic heterocycles. The molecule has 0 saturated heterocycles. The number of amides is 1. The van der Waals surface area contributed by atoms with E-state index in [4.69, 9.17) is 0 Å². The van der Waals surface area contributed by atoms with Crippen LogP contribution in [0.15, 0.2) is 29.0 Å². The third-order valence-electron chi connectivity index (χ3n) is 3.06.